The third-order valence-electron chi connectivity index (χ3n) is 5.17. The smallest absolute Gasteiger partial charge is 0.262 e. The number of benzene rings is 3. The lowest BCUT2D eigenvalue weighted by atomic mass is 10.2. The first-order valence-corrected chi connectivity index (χ1v) is 12.3. The minimum absolute atomic E-state index is 0.0277. The first kappa shape index (κ1) is 25.7. The Labute approximate surface area is 203 Å². The molecule has 0 aromatic heterocycles. The quantitative estimate of drug-likeness (QED) is 0.445. The molecule has 3 rings (SSSR count). The van der Waals surface area contributed by atoms with Gasteiger partial charge in [-0.25, -0.2) is 12.8 Å². The van der Waals surface area contributed by atoms with E-state index in [1.807, 2.05) is 0 Å². The number of sulfonamides is 1. The average molecular weight is 500 g/mol. The Hall–Kier alpha value is -3.92. The van der Waals surface area contributed by atoms with E-state index in [0.29, 0.717) is 11.4 Å². The highest BCUT2D eigenvalue weighted by Gasteiger charge is 2.20. The molecule has 3 aromatic carbocycles. The normalized spacial score (nSPS) is 10.9. The molecule has 0 fully saturated rings. The lowest BCUT2D eigenvalue weighted by Gasteiger charge is -2.20. The zero-order chi connectivity index (χ0) is 25.4. The standard InChI is InChI=1S/C25H26FN3O5S/c1-3-29(17-24(30)27-16-18-8-12-20(26)13-9-18)25(31)19-10-14-21(15-11-19)35(32,33)28-22-6-4-5-7-23(22)34-2/h4-15,28H,3,16-17H2,1-2H3,(H,27,30). The number of methoxy groups -OCH3 is 1. The van der Waals surface area contributed by atoms with Gasteiger partial charge in [0.25, 0.3) is 15.9 Å². The number of ether oxygens (including phenoxy) is 1. The van der Waals surface area contributed by atoms with Crippen molar-refractivity contribution in [3.05, 3.63) is 89.7 Å². The third-order valence-corrected chi connectivity index (χ3v) is 6.55. The van der Waals surface area contributed by atoms with Crippen molar-refractivity contribution in [2.24, 2.45) is 0 Å². The van der Waals surface area contributed by atoms with Crippen LogP contribution in [0.2, 0.25) is 0 Å². The molecule has 35 heavy (non-hydrogen) atoms. The van der Waals surface area contributed by atoms with E-state index in [9.17, 15) is 22.4 Å². The molecule has 8 nitrogen and oxygen atoms in total. The zero-order valence-corrected chi connectivity index (χ0v) is 20.1. The minimum atomic E-state index is -3.91. The fourth-order valence-electron chi connectivity index (χ4n) is 3.25. The van der Waals surface area contributed by atoms with E-state index in [1.54, 1.807) is 43.3 Å². The van der Waals surface area contributed by atoms with Crippen molar-refractivity contribution >= 4 is 27.5 Å². The van der Waals surface area contributed by atoms with Crippen LogP contribution in [0.15, 0.2) is 77.7 Å². The van der Waals surface area contributed by atoms with E-state index < -0.39 is 15.9 Å². The molecular formula is C25H26FN3O5S. The number of likely N-dealkylation sites (N-methyl/N-ethyl adjacent to an activating group) is 1. The van der Waals surface area contributed by atoms with Crippen LogP contribution in [-0.4, -0.2) is 45.3 Å². The Bertz CT molecular complexity index is 1280. The van der Waals surface area contributed by atoms with Gasteiger partial charge in [-0.15, -0.1) is 0 Å². The van der Waals surface area contributed by atoms with Crippen molar-refractivity contribution in [1.29, 1.82) is 0 Å². The monoisotopic (exact) mass is 499 g/mol. The Morgan fingerprint density at radius 2 is 1.63 bits per heavy atom. The molecule has 0 bridgehead atoms. The SMILES string of the molecule is CCN(CC(=O)NCc1ccc(F)cc1)C(=O)c1ccc(S(=O)(=O)Nc2ccccc2OC)cc1. The molecule has 0 aliphatic rings. The van der Waals surface area contributed by atoms with Crippen LogP contribution in [0.4, 0.5) is 10.1 Å². The van der Waals surface area contributed by atoms with Gasteiger partial charge >= 0.3 is 0 Å². The highest BCUT2D eigenvalue weighted by Crippen LogP contribution is 2.26. The molecule has 0 saturated carbocycles. The van der Waals surface area contributed by atoms with Gasteiger partial charge in [-0.1, -0.05) is 24.3 Å². The summed E-state index contributed by atoms with van der Waals surface area (Å²) in [5.41, 5.74) is 1.26. The Morgan fingerprint density at radius 1 is 0.971 bits per heavy atom. The molecule has 0 saturated heterocycles. The fourth-order valence-corrected chi connectivity index (χ4v) is 4.32. The lowest BCUT2D eigenvalue weighted by Crippen LogP contribution is -2.40. The molecule has 0 radical (unpaired) electrons. The summed E-state index contributed by atoms with van der Waals surface area (Å²) in [4.78, 5) is 26.5. The molecule has 184 valence electrons. The van der Waals surface area contributed by atoms with Gasteiger partial charge in [0.2, 0.25) is 5.91 Å². The largest absolute Gasteiger partial charge is 0.495 e. The zero-order valence-electron chi connectivity index (χ0n) is 19.3. The summed E-state index contributed by atoms with van der Waals surface area (Å²) in [5, 5.41) is 2.70. The van der Waals surface area contributed by atoms with Gasteiger partial charge in [-0.3, -0.25) is 14.3 Å². The van der Waals surface area contributed by atoms with E-state index in [0.717, 1.165) is 5.56 Å². The van der Waals surface area contributed by atoms with Crippen molar-refractivity contribution in [2.45, 2.75) is 18.4 Å². The number of carbonyl (C=O) groups excluding carboxylic acids is 2. The van der Waals surface area contributed by atoms with Gasteiger partial charge in [-0.2, -0.15) is 0 Å². The second-order valence-electron chi connectivity index (χ2n) is 7.55. The molecule has 0 unspecified atom stereocenters. The molecule has 2 N–H and O–H groups in total. The lowest BCUT2D eigenvalue weighted by molar-refractivity contribution is -0.121. The summed E-state index contributed by atoms with van der Waals surface area (Å²) in [6, 6.07) is 17.8. The molecule has 10 heteroatoms. The number of rotatable bonds is 10. The van der Waals surface area contributed by atoms with E-state index in [-0.39, 0.29) is 41.8 Å². The number of hydrogen-bond donors (Lipinski definition) is 2. The molecule has 0 aliphatic carbocycles. The molecule has 0 spiro atoms. The summed E-state index contributed by atoms with van der Waals surface area (Å²) < 4.78 is 46.2. The van der Waals surface area contributed by atoms with E-state index in [2.05, 4.69) is 10.0 Å². The Morgan fingerprint density at radius 3 is 2.26 bits per heavy atom. The first-order chi connectivity index (χ1) is 16.7. The number of nitrogens with one attached hydrogen (secondary N) is 2. The summed E-state index contributed by atoms with van der Waals surface area (Å²) >= 11 is 0. The van der Waals surface area contributed by atoms with Crippen LogP contribution in [0.25, 0.3) is 0 Å². The van der Waals surface area contributed by atoms with Gasteiger partial charge in [0, 0.05) is 18.7 Å². The van der Waals surface area contributed by atoms with Crippen molar-refractivity contribution in [3.8, 4) is 5.75 Å². The maximum Gasteiger partial charge on any atom is 0.262 e. The van der Waals surface area contributed by atoms with Crippen molar-refractivity contribution in [3.63, 3.8) is 0 Å². The molecular weight excluding hydrogens is 473 g/mol. The van der Waals surface area contributed by atoms with Crippen LogP contribution < -0.4 is 14.8 Å². The molecule has 3 aromatic rings. The first-order valence-electron chi connectivity index (χ1n) is 10.8. The number of amides is 2. The molecule has 0 heterocycles. The van der Waals surface area contributed by atoms with Gasteiger partial charge in [-0.05, 0) is 61.0 Å². The fraction of sp³-hybridized carbons (Fsp3) is 0.200. The second-order valence-corrected chi connectivity index (χ2v) is 9.24. The third kappa shape index (κ3) is 6.80. The number of halogens is 1. The highest BCUT2D eigenvalue weighted by atomic mass is 32.2. The number of nitrogens with zero attached hydrogens (tertiary/aromatic N) is 1. The van der Waals surface area contributed by atoms with Crippen LogP contribution in [0.5, 0.6) is 5.75 Å². The number of para-hydroxylation sites is 2. The van der Waals surface area contributed by atoms with Gasteiger partial charge < -0.3 is 15.0 Å². The summed E-state index contributed by atoms with van der Waals surface area (Å²) in [6.07, 6.45) is 0. The predicted molar refractivity (Wildman–Crippen MR) is 130 cm³/mol. The second kappa shape index (κ2) is 11.5. The van der Waals surface area contributed by atoms with Crippen LogP contribution in [0, 0.1) is 5.82 Å². The maximum atomic E-state index is 13.0. The van der Waals surface area contributed by atoms with Crippen molar-refractivity contribution in [2.75, 3.05) is 24.9 Å². The molecule has 0 aliphatic heterocycles. The van der Waals surface area contributed by atoms with E-state index >= 15 is 0 Å². The number of carbonyl (C=O) groups is 2. The van der Waals surface area contributed by atoms with Crippen LogP contribution in [0.3, 0.4) is 0 Å². The molecule has 2 amide bonds. The summed E-state index contributed by atoms with van der Waals surface area (Å²) in [7, 11) is -2.47. The van der Waals surface area contributed by atoms with Crippen LogP contribution in [-0.2, 0) is 21.4 Å². The topological polar surface area (TPSA) is 105 Å². The minimum Gasteiger partial charge on any atom is -0.495 e. The highest BCUT2D eigenvalue weighted by molar-refractivity contribution is 7.92. The van der Waals surface area contributed by atoms with Crippen LogP contribution >= 0.6 is 0 Å². The van der Waals surface area contributed by atoms with Crippen LogP contribution in [0.1, 0.15) is 22.8 Å². The van der Waals surface area contributed by atoms with Gasteiger partial charge in [0.1, 0.15) is 11.6 Å². The predicted octanol–water partition coefficient (Wildman–Crippen LogP) is 3.41. The summed E-state index contributed by atoms with van der Waals surface area (Å²) in [6.45, 7) is 2.04. The van der Waals surface area contributed by atoms with E-state index in [1.165, 1.54) is 48.4 Å². The van der Waals surface area contributed by atoms with Gasteiger partial charge in [0.05, 0.1) is 24.2 Å². The van der Waals surface area contributed by atoms with Crippen molar-refractivity contribution < 1.29 is 27.1 Å². The number of hydrogen-bond acceptors (Lipinski definition) is 5. The number of anilines is 1. The van der Waals surface area contributed by atoms with E-state index in [4.69, 9.17) is 4.74 Å². The van der Waals surface area contributed by atoms with Crippen molar-refractivity contribution in [1.82, 2.24) is 10.2 Å². The maximum absolute atomic E-state index is 13.0. The molecule has 0 atom stereocenters. The Kier molecular flexibility index (Phi) is 8.43. The van der Waals surface area contributed by atoms with Gasteiger partial charge in [0.15, 0.2) is 0 Å². The average Bonchev–Trinajstić information content (AvgIpc) is 2.86. The summed E-state index contributed by atoms with van der Waals surface area (Å²) in [5.74, 6) is -0.771. The Balaban J connectivity index is 1.64.